The number of nitrogens with zero attached hydrogens (tertiary/aromatic N) is 3. The Kier molecular flexibility index (Phi) is 3.88. The molecule has 6 nitrogen and oxygen atoms in total. The number of thiol groups is 1. The van der Waals surface area contributed by atoms with Gasteiger partial charge < -0.3 is 4.74 Å². The minimum Gasteiger partial charge on any atom is -0.443 e. The molecule has 0 N–H and O–H groups in total. The summed E-state index contributed by atoms with van der Waals surface area (Å²) >= 11 is 4.32. The molecule has 2 rings (SSSR count). The molecule has 7 heteroatoms. The monoisotopic (exact) mass is 309 g/mol. The SMILES string of the molecule is C=Cc1nn2c(c1C)C(=O)N(C(=O)OC(C)(C)C)C(S)C2. The Morgan fingerprint density at radius 1 is 1.52 bits per heavy atom. The zero-order valence-electron chi connectivity index (χ0n) is 12.6. The molecule has 1 unspecified atom stereocenters. The van der Waals surface area contributed by atoms with Gasteiger partial charge in [-0.05, 0) is 33.8 Å². The third-order valence-electron chi connectivity index (χ3n) is 3.07. The number of carbonyl (C=O) groups is 2. The van der Waals surface area contributed by atoms with Gasteiger partial charge in [-0.25, -0.2) is 9.69 Å². The number of imide groups is 1. The fourth-order valence-electron chi connectivity index (χ4n) is 2.17. The van der Waals surface area contributed by atoms with E-state index in [4.69, 9.17) is 4.74 Å². The molecule has 0 aliphatic carbocycles. The number of hydrogen-bond donors (Lipinski definition) is 1. The van der Waals surface area contributed by atoms with E-state index >= 15 is 0 Å². The van der Waals surface area contributed by atoms with Gasteiger partial charge in [0, 0.05) is 5.56 Å². The number of amides is 2. The number of rotatable bonds is 1. The topological polar surface area (TPSA) is 64.4 Å². The summed E-state index contributed by atoms with van der Waals surface area (Å²) in [6.45, 7) is 11.0. The van der Waals surface area contributed by atoms with Crippen LogP contribution in [0.2, 0.25) is 0 Å². The fraction of sp³-hybridized carbons (Fsp3) is 0.500. The Hall–Kier alpha value is -1.76. The lowest BCUT2D eigenvalue weighted by molar-refractivity contribution is 0.0186. The van der Waals surface area contributed by atoms with Crippen molar-refractivity contribution in [1.82, 2.24) is 14.7 Å². The van der Waals surface area contributed by atoms with Crippen molar-refractivity contribution in [3.8, 4) is 0 Å². The van der Waals surface area contributed by atoms with Crippen LogP contribution < -0.4 is 0 Å². The van der Waals surface area contributed by atoms with Gasteiger partial charge in [-0.1, -0.05) is 6.58 Å². The maximum atomic E-state index is 12.6. The normalized spacial score (nSPS) is 18.4. The van der Waals surface area contributed by atoms with Gasteiger partial charge in [0.2, 0.25) is 0 Å². The average Bonchev–Trinajstić information content (AvgIpc) is 2.63. The van der Waals surface area contributed by atoms with Crippen molar-refractivity contribution in [2.45, 2.75) is 45.2 Å². The summed E-state index contributed by atoms with van der Waals surface area (Å²) in [5, 5.41) is 3.67. The second-order valence-corrected chi connectivity index (χ2v) is 6.48. The molecule has 1 atom stereocenters. The van der Waals surface area contributed by atoms with E-state index in [9.17, 15) is 9.59 Å². The van der Waals surface area contributed by atoms with Crippen LogP contribution in [0.1, 0.15) is 42.5 Å². The maximum absolute atomic E-state index is 12.6. The molecule has 2 heterocycles. The molecule has 2 amide bonds. The summed E-state index contributed by atoms with van der Waals surface area (Å²) in [5.74, 6) is -0.450. The lowest BCUT2D eigenvalue weighted by Gasteiger charge is -2.33. The van der Waals surface area contributed by atoms with Gasteiger partial charge in [0.15, 0.2) is 0 Å². The molecular formula is C14H19N3O3S. The second-order valence-electron chi connectivity index (χ2n) is 5.88. The number of hydrogen-bond acceptors (Lipinski definition) is 5. The Bertz CT molecular complexity index is 616. The summed E-state index contributed by atoms with van der Waals surface area (Å²) in [6.07, 6.45) is 0.888. The van der Waals surface area contributed by atoms with E-state index in [-0.39, 0.29) is 0 Å². The van der Waals surface area contributed by atoms with Gasteiger partial charge in [-0.3, -0.25) is 9.48 Å². The third kappa shape index (κ3) is 2.83. The first-order valence-corrected chi connectivity index (χ1v) is 7.12. The Morgan fingerprint density at radius 2 is 2.14 bits per heavy atom. The molecular weight excluding hydrogens is 290 g/mol. The summed E-state index contributed by atoms with van der Waals surface area (Å²) in [7, 11) is 0. The van der Waals surface area contributed by atoms with Crippen LogP contribution in [0.4, 0.5) is 4.79 Å². The van der Waals surface area contributed by atoms with Crippen molar-refractivity contribution in [3.05, 3.63) is 23.5 Å². The highest BCUT2D eigenvalue weighted by atomic mass is 32.1. The quantitative estimate of drug-likeness (QED) is 0.810. The van der Waals surface area contributed by atoms with E-state index in [1.807, 2.05) is 0 Å². The molecule has 0 bridgehead atoms. The molecule has 0 saturated heterocycles. The molecule has 1 aliphatic rings. The second kappa shape index (κ2) is 5.22. The maximum Gasteiger partial charge on any atom is 0.418 e. The Balaban J connectivity index is 2.39. The summed E-state index contributed by atoms with van der Waals surface area (Å²) in [6, 6.07) is 0. The minimum atomic E-state index is -0.695. The lowest BCUT2D eigenvalue weighted by Crippen LogP contribution is -2.50. The molecule has 114 valence electrons. The molecule has 1 aromatic heterocycles. The molecule has 0 aromatic carbocycles. The van der Waals surface area contributed by atoms with Crippen molar-refractivity contribution in [2.24, 2.45) is 0 Å². The summed E-state index contributed by atoms with van der Waals surface area (Å²) in [4.78, 5) is 25.8. The Labute approximate surface area is 129 Å². The third-order valence-corrected chi connectivity index (χ3v) is 3.46. The predicted octanol–water partition coefficient (Wildman–Crippen LogP) is 2.48. The van der Waals surface area contributed by atoms with E-state index in [1.165, 1.54) is 0 Å². The minimum absolute atomic E-state index is 0.318. The highest BCUT2D eigenvalue weighted by molar-refractivity contribution is 7.80. The zero-order chi connectivity index (χ0) is 15.9. The molecule has 0 saturated carbocycles. The van der Waals surface area contributed by atoms with E-state index in [0.29, 0.717) is 23.5 Å². The lowest BCUT2D eigenvalue weighted by atomic mass is 10.1. The first-order valence-electron chi connectivity index (χ1n) is 6.60. The van der Waals surface area contributed by atoms with Crippen molar-refractivity contribution in [3.63, 3.8) is 0 Å². The molecule has 1 aliphatic heterocycles. The van der Waals surface area contributed by atoms with Gasteiger partial charge in [0.25, 0.3) is 5.91 Å². The zero-order valence-corrected chi connectivity index (χ0v) is 13.5. The van der Waals surface area contributed by atoms with E-state index in [2.05, 4.69) is 24.3 Å². The first kappa shape index (κ1) is 15.6. The largest absolute Gasteiger partial charge is 0.443 e. The van der Waals surface area contributed by atoms with Crippen molar-refractivity contribution >= 4 is 30.7 Å². The fourth-order valence-corrected chi connectivity index (χ4v) is 2.52. The number of carbonyl (C=O) groups excluding carboxylic acids is 2. The number of fused-ring (bicyclic) bond motifs is 1. The molecule has 1 aromatic rings. The van der Waals surface area contributed by atoms with Crippen molar-refractivity contribution < 1.29 is 14.3 Å². The molecule has 0 spiro atoms. The predicted molar refractivity (Wildman–Crippen MR) is 82.2 cm³/mol. The van der Waals surface area contributed by atoms with Crippen LogP contribution in [-0.2, 0) is 11.3 Å². The summed E-state index contributed by atoms with van der Waals surface area (Å²) in [5.41, 5.74) is 1.03. The van der Waals surface area contributed by atoms with Gasteiger partial charge in [-0.2, -0.15) is 17.7 Å². The van der Waals surface area contributed by atoms with Crippen LogP contribution in [0.25, 0.3) is 6.08 Å². The van der Waals surface area contributed by atoms with Gasteiger partial charge >= 0.3 is 6.09 Å². The standard InChI is InChI=1S/C14H19N3O3S/c1-6-9-8(2)11-12(18)17(10(21)7-16(11)15-9)13(19)20-14(3,4)5/h6,10,21H,1,7H2,2-5H3. The van der Waals surface area contributed by atoms with Crippen LogP contribution in [0, 0.1) is 6.92 Å². The number of aromatic nitrogens is 2. The average molecular weight is 309 g/mol. The molecule has 21 heavy (non-hydrogen) atoms. The van der Waals surface area contributed by atoms with Crippen LogP contribution in [0.3, 0.4) is 0 Å². The highest BCUT2D eigenvalue weighted by Crippen LogP contribution is 2.26. The molecule has 0 radical (unpaired) electrons. The van der Waals surface area contributed by atoms with E-state index in [0.717, 1.165) is 4.90 Å². The van der Waals surface area contributed by atoms with E-state index < -0.39 is 23.0 Å². The van der Waals surface area contributed by atoms with Gasteiger partial charge in [0.1, 0.15) is 16.7 Å². The van der Waals surface area contributed by atoms with Crippen LogP contribution in [-0.4, -0.2) is 37.7 Å². The number of ether oxygens (including phenoxy) is 1. The van der Waals surface area contributed by atoms with Crippen LogP contribution >= 0.6 is 12.6 Å². The van der Waals surface area contributed by atoms with Crippen molar-refractivity contribution in [1.29, 1.82) is 0 Å². The smallest absolute Gasteiger partial charge is 0.418 e. The van der Waals surface area contributed by atoms with Gasteiger partial charge in [0.05, 0.1) is 12.2 Å². The van der Waals surface area contributed by atoms with Crippen LogP contribution in [0.5, 0.6) is 0 Å². The van der Waals surface area contributed by atoms with Crippen LogP contribution in [0.15, 0.2) is 6.58 Å². The molecule has 0 fully saturated rings. The summed E-state index contributed by atoms with van der Waals surface area (Å²) < 4.78 is 6.84. The van der Waals surface area contributed by atoms with E-state index in [1.54, 1.807) is 38.5 Å². The Morgan fingerprint density at radius 3 is 2.67 bits per heavy atom. The highest BCUT2D eigenvalue weighted by Gasteiger charge is 2.39. The van der Waals surface area contributed by atoms with Crippen molar-refractivity contribution in [2.75, 3.05) is 0 Å². The van der Waals surface area contributed by atoms with Gasteiger partial charge in [-0.15, -0.1) is 0 Å². The first-order chi connectivity index (χ1) is 9.65.